The van der Waals surface area contributed by atoms with Crippen molar-refractivity contribution in [1.82, 2.24) is 5.32 Å². The molecule has 0 bridgehead atoms. The predicted octanol–water partition coefficient (Wildman–Crippen LogP) is 6.06. The number of carboxylic acid groups (broad SMARTS) is 1. The molecular weight excluding hydrogens is 514 g/mol. The molecule has 0 aliphatic heterocycles. The van der Waals surface area contributed by atoms with Gasteiger partial charge in [-0.2, -0.15) is 0 Å². The Hall–Kier alpha value is -2.94. The van der Waals surface area contributed by atoms with Gasteiger partial charge in [-0.25, -0.2) is 4.79 Å². The van der Waals surface area contributed by atoms with Crippen LogP contribution in [-0.4, -0.2) is 40.8 Å². The van der Waals surface area contributed by atoms with E-state index in [1.807, 2.05) is 55.4 Å². The zero-order chi connectivity index (χ0) is 30.7. The van der Waals surface area contributed by atoms with Crippen molar-refractivity contribution in [3.8, 4) is 11.5 Å². The number of rotatable bonds is 16. The van der Waals surface area contributed by atoms with Crippen LogP contribution in [0, 0.1) is 17.3 Å². The normalized spacial score (nSPS) is 15.3. The number of carbonyl (C=O) groups excluding carboxylic acids is 3. The maximum atomic E-state index is 12.8. The molecule has 0 spiro atoms. The van der Waals surface area contributed by atoms with Crippen LogP contribution in [0.3, 0.4) is 0 Å². The molecule has 0 fully saturated rings. The summed E-state index contributed by atoms with van der Waals surface area (Å²) >= 11 is 0. The van der Waals surface area contributed by atoms with Gasteiger partial charge in [-0.05, 0) is 48.3 Å². The molecule has 0 amide bonds. The monoisotopic (exact) mass is 563 g/mol. The number of benzene rings is 1. The van der Waals surface area contributed by atoms with Crippen molar-refractivity contribution in [1.29, 1.82) is 0 Å². The molecule has 2 N–H and O–H groups in total. The Morgan fingerprint density at radius 1 is 0.825 bits per heavy atom. The number of carbonyl (C=O) groups is 4. The molecule has 9 heteroatoms. The van der Waals surface area contributed by atoms with E-state index in [1.54, 1.807) is 13.0 Å². The molecule has 4 atom stereocenters. The maximum absolute atomic E-state index is 12.8. The van der Waals surface area contributed by atoms with Crippen LogP contribution in [0.15, 0.2) is 18.2 Å². The molecule has 0 heterocycles. The van der Waals surface area contributed by atoms with Gasteiger partial charge in [0.2, 0.25) is 0 Å². The number of aliphatic carboxylic acids is 1. The van der Waals surface area contributed by atoms with Crippen molar-refractivity contribution in [3.63, 3.8) is 0 Å². The Kier molecular flexibility index (Phi) is 13.8. The molecule has 3 unspecified atom stereocenters. The summed E-state index contributed by atoms with van der Waals surface area (Å²) in [4.78, 5) is 50.7. The van der Waals surface area contributed by atoms with Crippen LogP contribution in [0.1, 0.15) is 106 Å². The molecule has 0 aliphatic rings. The summed E-state index contributed by atoms with van der Waals surface area (Å²) in [6.07, 6.45) is 2.32. The number of hydrogen-bond acceptors (Lipinski definition) is 8. The summed E-state index contributed by atoms with van der Waals surface area (Å²) in [7, 11) is 0. The van der Waals surface area contributed by atoms with Crippen LogP contribution in [0.4, 0.5) is 0 Å². The van der Waals surface area contributed by atoms with Crippen LogP contribution in [0.25, 0.3) is 0 Å². The van der Waals surface area contributed by atoms with Crippen molar-refractivity contribution < 1.29 is 38.5 Å². The van der Waals surface area contributed by atoms with Crippen molar-refractivity contribution in [2.45, 2.75) is 119 Å². The standard InChI is InChI=1S/C31H49NO8/c1-10-20(4)15-26(33)38-24-14-13-23(17-25(24)39-27(34)16-21(5)11-2)18-31(29(36)37,32-22(6)12-3)40-28(35)19-30(7,8)9/h13-14,17,20-22,32H,10-12,15-16,18-19H2,1-9H3,(H,36,37)/t20?,21?,22?,31-/m0/s1. The topological polar surface area (TPSA) is 128 Å². The molecule has 0 aromatic heterocycles. The SMILES string of the molecule is CCC(C)CC(=O)Oc1ccc(C[C@](NC(C)CC)(OC(=O)CC(C)(C)C)C(=O)O)cc1OC(=O)CC(C)CC. The molecule has 40 heavy (non-hydrogen) atoms. The Balaban J connectivity index is 3.48. The minimum absolute atomic E-state index is 0.00662. The van der Waals surface area contributed by atoms with Gasteiger partial charge in [-0.3, -0.25) is 19.7 Å². The van der Waals surface area contributed by atoms with Gasteiger partial charge in [0.1, 0.15) is 0 Å². The van der Waals surface area contributed by atoms with Crippen molar-refractivity contribution in [2.75, 3.05) is 0 Å². The molecule has 0 saturated carbocycles. The predicted molar refractivity (Wildman–Crippen MR) is 153 cm³/mol. The van der Waals surface area contributed by atoms with E-state index in [4.69, 9.17) is 14.2 Å². The number of carboxylic acids is 1. The molecule has 0 radical (unpaired) electrons. The first-order valence-electron chi connectivity index (χ1n) is 14.3. The summed E-state index contributed by atoms with van der Waals surface area (Å²) in [6, 6.07) is 4.23. The van der Waals surface area contributed by atoms with Gasteiger partial charge in [0.05, 0.1) is 6.42 Å². The van der Waals surface area contributed by atoms with Gasteiger partial charge >= 0.3 is 23.9 Å². The van der Waals surface area contributed by atoms with Crippen molar-refractivity contribution >= 4 is 23.9 Å². The molecular formula is C31H49NO8. The van der Waals surface area contributed by atoms with Crippen LogP contribution in [0.2, 0.25) is 0 Å². The lowest BCUT2D eigenvalue weighted by atomic mass is 9.92. The van der Waals surface area contributed by atoms with Gasteiger partial charge in [-0.1, -0.05) is 74.3 Å². The van der Waals surface area contributed by atoms with Gasteiger partial charge < -0.3 is 19.3 Å². The van der Waals surface area contributed by atoms with E-state index in [0.717, 1.165) is 12.8 Å². The lowest BCUT2D eigenvalue weighted by molar-refractivity contribution is -0.185. The third-order valence-corrected chi connectivity index (χ3v) is 6.73. The smallest absolute Gasteiger partial charge is 0.364 e. The zero-order valence-electron chi connectivity index (χ0n) is 25.7. The molecule has 1 aromatic rings. The second-order valence-electron chi connectivity index (χ2n) is 12.1. The Morgan fingerprint density at radius 2 is 1.35 bits per heavy atom. The average Bonchev–Trinajstić information content (AvgIpc) is 2.83. The van der Waals surface area contributed by atoms with Gasteiger partial charge in [0, 0.05) is 25.3 Å². The van der Waals surface area contributed by atoms with E-state index >= 15 is 0 Å². The average molecular weight is 564 g/mol. The lowest BCUT2D eigenvalue weighted by Gasteiger charge is -2.34. The maximum Gasteiger partial charge on any atom is 0.364 e. The number of esters is 3. The molecule has 226 valence electrons. The third-order valence-electron chi connectivity index (χ3n) is 6.73. The van der Waals surface area contributed by atoms with E-state index in [0.29, 0.717) is 12.0 Å². The second-order valence-corrected chi connectivity index (χ2v) is 12.1. The van der Waals surface area contributed by atoms with Crippen LogP contribution >= 0.6 is 0 Å². The highest BCUT2D eigenvalue weighted by Crippen LogP contribution is 2.32. The van der Waals surface area contributed by atoms with Crippen molar-refractivity contribution in [3.05, 3.63) is 23.8 Å². The summed E-state index contributed by atoms with van der Waals surface area (Å²) in [5.74, 6) is -2.68. The summed E-state index contributed by atoms with van der Waals surface area (Å²) < 4.78 is 16.8. The van der Waals surface area contributed by atoms with E-state index in [2.05, 4.69) is 5.32 Å². The number of hydrogen-bond donors (Lipinski definition) is 2. The fourth-order valence-corrected chi connectivity index (χ4v) is 3.76. The van der Waals surface area contributed by atoms with Crippen LogP contribution in [-0.2, 0) is 30.3 Å². The van der Waals surface area contributed by atoms with Gasteiger partial charge in [0.15, 0.2) is 11.5 Å². The zero-order valence-corrected chi connectivity index (χ0v) is 25.7. The quantitative estimate of drug-likeness (QED) is 0.140. The van der Waals surface area contributed by atoms with E-state index in [-0.39, 0.29) is 55.1 Å². The fraction of sp³-hybridized carbons (Fsp3) is 0.677. The molecule has 1 aromatic carbocycles. The highest BCUT2D eigenvalue weighted by molar-refractivity contribution is 5.82. The number of nitrogens with one attached hydrogen (secondary N) is 1. The van der Waals surface area contributed by atoms with Crippen LogP contribution < -0.4 is 14.8 Å². The first-order valence-corrected chi connectivity index (χ1v) is 14.3. The van der Waals surface area contributed by atoms with Crippen molar-refractivity contribution in [2.24, 2.45) is 17.3 Å². The second kappa shape index (κ2) is 15.7. The third kappa shape index (κ3) is 12.1. The molecule has 0 saturated heterocycles. The fourth-order valence-electron chi connectivity index (χ4n) is 3.76. The summed E-state index contributed by atoms with van der Waals surface area (Å²) in [5, 5.41) is 13.3. The number of ether oxygens (including phenoxy) is 3. The Morgan fingerprint density at radius 3 is 1.80 bits per heavy atom. The van der Waals surface area contributed by atoms with E-state index in [1.165, 1.54) is 12.1 Å². The van der Waals surface area contributed by atoms with Gasteiger partial charge in [0.25, 0.3) is 5.72 Å². The van der Waals surface area contributed by atoms with E-state index < -0.39 is 35.0 Å². The minimum Gasteiger partial charge on any atom is -0.477 e. The largest absolute Gasteiger partial charge is 0.477 e. The van der Waals surface area contributed by atoms with Gasteiger partial charge in [-0.15, -0.1) is 0 Å². The minimum atomic E-state index is -2.06. The van der Waals surface area contributed by atoms with E-state index in [9.17, 15) is 24.3 Å². The first kappa shape index (κ1) is 35.1. The summed E-state index contributed by atoms with van der Waals surface area (Å²) in [5.41, 5.74) is -2.06. The highest BCUT2D eigenvalue weighted by Gasteiger charge is 2.44. The first-order chi connectivity index (χ1) is 18.5. The Labute approximate surface area is 239 Å². The van der Waals surface area contributed by atoms with Crippen LogP contribution in [0.5, 0.6) is 11.5 Å². The molecule has 9 nitrogen and oxygen atoms in total. The molecule has 1 rings (SSSR count). The lowest BCUT2D eigenvalue weighted by Crippen LogP contribution is -2.59. The Bertz CT molecular complexity index is 1020. The highest BCUT2D eigenvalue weighted by atomic mass is 16.6. The summed E-state index contributed by atoms with van der Waals surface area (Å²) in [6.45, 7) is 17.1. The molecule has 0 aliphatic carbocycles.